The van der Waals surface area contributed by atoms with Crippen LogP contribution in [0.15, 0.2) is 39.9 Å². The van der Waals surface area contributed by atoms with Crippen LogP contribution in [0.2, 0.25) is 0 Å². The summed E-state index contributed by atoms with van der Waals surface area (Å²) in [4.78, 5) is 25.5. The molecule has 0 atom stereocenters. The van der Waals surface area contributed by atoms with E-state index in [1.807, 2.05) is 12.1 Å². The second-order valence-corrected chi connectivity index (χ2v) is 7.87. The number of piperazine rings is 1. The van der Waals surface area contributed by atoms with Gasteiger partial charge in [-0.1, -0.05) is 13.8 Å². The summed E-state index contributed by atoms with van der Waals surface area (Å²) >= 11 is 0. The third kappa shape index (κ3) is 4.35. The van der Waals surface area contributed by atoms with Crippen LogP contribution in [-0.2, 0) is 13.1 Å². The summed E-state index contributed by atoms with van der Waals surface area (Å²) in [6.45, 7) is 7.57. The van der Waals surface area contributed by atoms with E-state index in [1.165, 1.54) is 6.33 Å². The fraction of sp³-hybridized carbons (Fsp3) is 0.476. The molecule has 0 unspecified atom stereocenters. The molecule has 160 valence electrons. The lowest BCUT2D eigenvalue weighted by Crippen LogP contribution is -2.46. The van der Waals surface area contributed by atoms with Crippen molar-refractivity contribution < 1.29 is 13.2 Å². The van der Waals surface area contributed by atoms with Crippen LogP contribution >= 0.6 is 0 Å². The quantitative estimate of drug-likeness (QED) is 0.614. The Balaban J connectivity index is 1.42. The molecule has 0 saturated carbocycles. The number of benzene rings is 1. The molecule has 2 aromatic heterocycles. The van der Waals surface area contributed by atoms with Crippen LogP contribution in [0.25, 0.3) is 10.9 Å². The SMILES string of the molecule is CC(C)c1cnc(CN2CCN(c3ccc4c(=O)n(CC(F)F)cnc4c3)CC2)o1. The Morgan fingerprint density at radius 1 is 1.13 bits per heavy atom. The normalized spacial score (nSPS) is 15.6. The molecule has 0 bridgehead atoms. The van der Waals surface area contributed by atoms with Gasteiger partial charge in [0.05, 0.1) is 36.5 Å². The molecule has 30 heavy (non-hydrogen) atoms. The summed E-state index contributed by atoms with van der Waals surface area (Å²) in [5.41, 5.74) is 1.05. The Morgan fingerprint density at radius 3 is 2.57 bits per heavy atom. The highest BCUT2D eigenvalue weighted by Gasteiger charge is 2.20. The van der Waals surface area contributed by atoms with Crippen molar-refractivity contribution in [2.24, 2.45) is 0 Å². The second kappa shape index (κ2) is 8.51. The molecule has 3 aromatic rings. The molecule has 1 aliphatic heterocycles. The second-order valence-electron chi connectivity index (χ2n) is 7.87. The average molecular weight is 417 g/mol. The molecule has 7 nitrogen and oxygen atoms in total. The van der Waals surface area contributed by atoms with Gasteiger partial charge in [-0.2, -0.15) is 0 Å². The van der Waals surface area contributed by atoms with E-state index in [-0.39, 0.29) is 0 Å². The largest absolute Gasteiger partial charge is 0.444 e. The Bertz CT molecular complexity index is 1070. The van der Waals surface area contributed by atoms with Gasteiger partial charge in [0.25, 0.3) is 12.0 Å². The molecular formula is C21H25F2N5O2. The van der Waals surface area contributed by atoms with Gasteiger partial charge in [0, 0.05) is 37.8 Å². The Kier molecular flexibility index (Phi) is 5.80. The molecule has 1 aliphatic rings. The summed E-state index contributed by atoms with van der Waals surface area (Å²) in [6, 6.07) is 5.38. The highest BCUT2D eigenvalue weighted by molar-refractivity contribution is 5.81. The number of rotatable bonds is 6. The van der Waals surface area contributed by atoms with Crippen LogP contribution in [0.4, 0.5) is 14.5 Å². The number of hydrogen-bond donors (Lipinski definition) is 0. The first kappa shape index (κ1) is 20.5. The number of nitrogens with zero attached hydrogens (tertiary/aromatic N) is 5. The maximum Gasteiger partial charge on any atom is 0.261 e. The molecule has 9 heteroatoms. The zero-order chi connectivity index (χ0) is 21.3. The highest BCUT2D eigenvalue weighted by atomic mass is 19.3. The fourth-order valence-electron chi connectivity index (χ4n) is 3.64. The Morgan fingerprint density at radius 2 is 1.90 bits per heavy atom. The predicted molar refractivity (Wildman–Crippen MR) is 110 cm³/mol. The number of hydrogen-bond acceptors (Lipinski definition) is 6. The van der Waals surface area contributed by atoms with Crippen molar-refractivity contribution in [2.75, 3.05) is 31.1 Å². The molecule has 0 amide bonds. The van der Waals surface area contributed by atoms with Crippen molar-refractivity contribution in [1.82, 2.24) is 19.4 Å². The maximum absolute atomic E-state index is 12.6. The van der Waals surface area contributed by atoms with Crippen molar-refractivity contribution in [3.63, 3.8) is 0 Å². The van der Waals surface area contributed by atoms with Crippen LogP contribution in [0.5, 0.6) is 0 Å². The smallest absolute Gasteiger partial charge is 0.261 e. The maximum atomic E-state index is 12.6. The van der Waals surface area contributed by atoms with E-state index < -0.39 is 18.5 Å². The van der Waals surface area contributed by atoms with Crippen LogP contribution < -0.4 is 10.5 Å². The van der Waals surface area contributed by atoms with E-state index in [1.54, 1.807) is 12.3 Å². The highest BCUT2D eigenvalue weighted by Crippen LogP contribution is 2.22. The van der Waals surface area contributed by atoms with Crippen LogP contribution in [-0.4, -0.2) is 52.0 Å². The van der Waals surface area contributed by atoms with Crippen LogP contribution in [0, 0.1) is 0 Å². The molecule has 0 spiro atoms. The number of fused-ring (bicyclic) bond motifs is 1. The zero-order valence-electron chi connectivity index (χ0n) is 17.1. The molecule has 0 radical (unpaired) electrons. The summed E-state index contributed by atoms with van der Waals surface area (Å²) in [5, 5.41) is 0.352. The lowest BCUT2D eigenvalue weighted by atomic mass is 10.2. The monoisotopic (exact) mass is 417 g/mol. The molecule has 1 saturated heterocycles. The van der Waals surface area contributed by atoms with Crippen molar-refractivity contribution in [2.45, 2.75) is 39.3 Å². The third-order valence-electron chi connectivity index (χ3n) is 5.38. The first-order chi connectivity index (χ1) is 14.4. The van der Waals surface area contributed by atoms with Gasteiger partial charge in [0.2, 0.25) is 5.89 Å². The van der Waals surface area contributed by atoms with Gasteiger partial charge >= 0.3 is 0 Å². The molecule has 4 rings (SSSR count). The summed E-state index contributed by atoms with van der Waals surface area (Å²) in [6.07, 6.45) is 0.402. The summed E-state index contributed by atoms with van der Waals surface area (Å²) < 4.78 is 32.0. The predicted octanol–water partition coefficient (Wildman–Crippen LogP) is 3.10. The number of halogens is 2. The van der Waals surface area contributed by atoms with E-state index in [4.69, 9.17) is 4.42 Å². The van der Waals surface area contributed by atoms with Crippen molar-refractivity contribution in [1.29, 1.82) is 0 Å². The fourth-order valence-corrected chi connectivity index (χ4v) is 3.64. The summed E-state index contributed by atoms with van der Waals surface area (Å²) in [7, 11) is 0. The molecule has 0 aliphatic carbocycles. The number of anilines is 1. The third-order valence-corrected chi connectivity index (χ3v) is 5.38. The van der Waals surface area contributed by atoms with Crippen molar-refractivity contribution in [3.05, 3.63) is 52.7 Å². The van der Waals surface area contributed by atoms with Gasteiger partial charge in [-0.25, -0.2) is 18.7 Å². The molecule has 3 heterocycles. The minimum absolute atomic E-state index is 0.323. The first-order valence-corrected chi connectivity index (χ1v) is 10.1. The lowest BCUT2D eigenvalue weighted by Gasteiger charge is -2.35. The molecule has 1 aromatic carbocycles. The van der Waals surface area contributed by atoms with Gasteiger partial charge < -0.3 is 9.32 Å². The molecule has 0 N–H and O–H groups in total. The van der Waals surface area contributed by atoms with Gasteiger partial charge in [-0.15, -0.1) is 0 Å². The van der Waals surface area contributed by atoms with E-state index in [2.05, 4.69) is 33.6 Å². The van der Waals surface area contributed by atoms with Crippen LogP contribution in [0.3, 0.4) is 0 Å². The zero-order valence-corrected chi connectivity index (χ0v) is 17.1. The molecular weight excluding hydrogens is 392 g/mol. The summed E-state index contributed by atoms with van der Waals surface area (Å²) in [5.74, 6) is 1.96. The average Bonchev–Trinajstić information content (AvgIpc) is 3.19. The topological polar surface area (TPSA) is 67.4 Å². The van der Waals surface area contributed by atoms with Crippen molar-refractivity contribution in [3.8, 4) is 0 Å². The number of aromatic nitrogens is 3. The van der Waals surface area contributed by atoms with Crippen LogP contribution in [0.1, 0.15) is 31.4 Å². The molecule has 1 fully saturated rings. The van der Waals surface area contributed by atoms with Gasteiger partial charge in [-0.3, -0.25) is 14.3 Å². The van der Waals surface area contributed by atoms with E-state index >= 15 is 0 Å². The van der Waals surface area contributed by atoms with Gasteiger partial charge in [0.1, 0.15) is 5.76 Å². The van der Waals surface area contributed by atoms with E-state index in [0.29, 0.717) is 23.4 Å². The Hall–Kier alpha value is -2.81. The van der Waals surface area contributed by atoms with E-state index in [0.717, 1.165) is 48.1 Å². The van der Waals surface area contributed by atoms with Gasteiger partial charge in [0.15, 0.2) is 0 Å². The first-order valence-electron chi connectivity index (χ1n) is 10.1. The lowest BCUT2D eigenvalue weighted by molar-refractivity contribution is 0.125. The van der Waals surface area contributed by atoms with Gasteiger partial charge in [-0.05, 0) is 18.2 Å². The van der Waals surface area contributed by atoms with E-state index in [9.17, 15) is 13.6 Å². The standard InChI is InChI=1S/C21H25F2N5O2/c1-14(2)18-10-24-20(30-18)12-26-5-7-27(8-6-26)15-3-4-16-17(9-15)25-13-28(21(16)29)11-19(22)23/h3-4,9-10,13-14,19H,5-8,11-12H2,1-2H3. The van der Waals surface area contributed by atoms with Crippen molar-refractivity contribution >= 4 is 16.6 Å². The number of alkyl halides is 2. The minimum Gasteiger partial charge on any atom is -0.444 e. The Labute approximate surface area is 172 Å². The minimum atomic E-state index is -2.59. The number of oxazole rings is 1.